The summed E-state index contributed by atoms with van der Waals surface area (Å²) in [4.78, 5) is 28.0. The average molecular weight is 628 g/mol. The molecule has 2 heterocycles. The molecule has 0 unspecified atom stereocenters. The van der Waals surface area contributed by atoms with E-state index in [4.69, 9.17) is 23.2 Å². The first-order chi connectivity index (χ1) is 19.0. The van der Waals surface area contributed by atoms with Crippen molar-refractivity contribution in [2.75, 3.05) is 18.2 Å². The number of fused-ring (bicyclic) bond motifs is 2. The van der Waals surface area contributed by atoms with Gasteiger partial charge in [-0.2, -0.15) is 0 Å². The van der Waals surface area contributed by atoms with Crippen molar-refractivity contribution in [3.8, 4) is 0 Å². The number of alkyl halides is 1. The number of hydrogen-bond donors (Lipinski definition) is 4. The molecule has 2 amide bonds. The number of nitrogens with one attached hydrogen (secondary N) is 4. The van der Waals surface area contributed by atoms with Gasteiger partial charge in [-0.1, -0.05) is 68.8 Å². The van der Waals surface area contributed by atoms with Gasteiger partial charge < -0.3 is 16.0 Å². The van der Waals surface area contributed by atoms with E-state index in [1.54, 1.807) is 24.3 Å². The molecule has 0 bridgehead atoms. The van der Waals surface area contributed by atoms with Gasteiger partial charge in [0.25, 0.3) is 0 Å². The molecule has 2 aliphatic heterocycles. The van der Waals surface area contributed by atoms with Crippen molar-refractivity contribution in [3.05, 3.63) is 64.2 Å². The van der Waals surface area contributed by atoms with Crippen molar-refractivity contribution in [3.63, 3.8) is 0 Å². The quantitative estimate of drug-likeness (QED) is 0.305. The van der Waals surface area contributed by atoms with Gasteiger partial charge in [-0.3, -0.25) is 9.59 Å². The minimum Gasteiger partial charge on any atom is -0.352 e. The maximum Gasteiger partial charge on any atom is 0.238 e. The zero-order valence-corrected chi connectivity index (χ0v) is 25.9. The minimum absolute atomic E-state index is 0.00838. The van der Waals surface area contributed by atoms with Crippen molar-refractivity contribution < 1.29 is 22.4 Å². The number of benzene rings is 1. The molecule has 8 nitrogen and oxygen atoms in total. The van der Waals surface area contributed by atoms with Gasteiger partial charge in [-0.05, 0) is 54.0 Å². The Balaban J connectivity index is 1.75. The second-order valence-corrected chi connectivity index (χ2v) is 15.1. The fourth-order valence-corrected chi connectivity index (χ4v) is 7.37. The molecule has 1 saturated heterocycles. The van der Waals surface area contributed by atoms with E-state index < -0.39 is 40.1 Å². The summed E-state index contributed by atoms with van der Waals surface area (Å²) in [6, 6.07) is 3.51. The van der Waals surface area contributed by atoms with E-state index >= 15 is 0 Å². The van der Waals surface area contributed by atoms with Crippen LogP contribution in [0.1, 0.15) is 45.6 Å². The molecule has 41 heavy (non-hydrogen) atoms. The predicted molar refractivity (Wildman–Crippen MR) is 161 cm³/mol. The molecule has 0 radical (unpaired) electrons. The maximum absolute atomic E-state index is 14.1. The van der Waals surface area contributed by atoms with Gasteiger partial charge in [0.15, 0.2) is 0 Å². The lowest BCUT2D eigenvalue weighted by Gasteiger charge is -2.38. The lowest BCUT2D eigenvalue weighted by atomic mass is 9.62. The van der Waals surface area contributed by atoms with Crippen LogP contribution in [0.25, 0.3) is 0 Å². The highest BCUT2D eigenvalue weighted by Gasteiger charge is 2.65. The summed E-state index contributed by atoms with van der Waals surface area (Å²) in [6.45, 7) is 9.67. The number of anilines is 1. The molecule has 2 fully saturated rings. The van der Waals surface area contributed by atoms with Gasteiger partial charge in [0.2, 0.25) is 21.8 Å². The molecule has 3 aliphatic rings. The Labute approximate surface area is 251 Å². The summed E-state index contributed by atoms with van der Waals surface area (Å²) in [5.41, 5.74) is 0.409. The fraction of sp³-hybridized carbons (Fsp3) is 0.517. The standard InChI is InChI=1S/C29H37Cl2FN4O4S/c1-16(7-6-8-18(31)15-32)24-25(26(37)33-19-12-20(13-19)36-41(5,39)40)35-23(14-28(2,3)4)29(24)21-10-9-17(30)11-22(21)34-27(29)38/h6-11,19-20,23-25,35-36H,1,12-15H2,2-5H3,(H,33,37)(H,34,38)/b7-6-,18-8+/t19?,20?,23-,24+,25-,29+/m1/s1. The Morgan fingerprint density at radius 2 is 1.95 bits per heavy atom. The van der Waals surface area contributed by atoms with Crippen LogP contribution < -0.4 is 20.7 Å². The smallest absolute Gasteiger partial charge is 0.238 e. The molecule has 4 rings (SSSR count). The third-order valence-electron chi connectivity index (χ3n) is 7.88. The monoisotopic (exact) mass is 626 g/mol. The highest BCUT2D eigenvalue weighted by atomic mass is 35.5. The third-order valence-corrected chi connectivity index (χ3v) is 9.11. The summed E-state index contributed by atoms with van der Waals surface area (Å²) < 4.78 is 38.7. The lowest BCUT2D eigenvalue weighted by molar-refractivity contribution is -0.125. The lowest BCUT2D eigenvalue weighted by Crippen LogP contribution is -2.57. The van der Waals surface area contributed by atoms with Crippen LogP contribution in [0.2, 0.25) is 5.02 Å². The molecule has 224 valence electrons. The first kappa shape index (κ1) is 31.7. The number of allylic oxidation sites excluding steroid dienone is 4. The molecule has 0 aromatic heterocycles. The van der Waals surface area contributed by atoms with Crippen molar-refractivity contribution >= 4 is 50.7 Å². The van der Waals surface area contributed by atoms with Crippen LogP contribution in [0.4, 0.5) is 10.1 Å². The topological polar surface area (TPSA) is 116 Å². The van der Waals surface area contributed by atoms with Gasteiger partial charge in [0, 0.05) is 39.8 Å². The number of carbonyl (C=O) groups is 2. The first-order valence-electron chi connectivity index (χ1n) is 13.5. The van der Waals surface area contributed by atoms with Crippen LogP contribution in [-0.2, 0) is 25.0 Å². The van der Waals surface area contributed by atoms with Crippen LogP contribution in [-0.4, -0.2) is 57.3 Å². The summed E-state index contributed by atoms with van der Waals surface area (Å²) in [7, 11) is -3.35. The van der Waals surface area contributed by atoms with Crippen LogP contribution in [0.3, 0.4) is 0 Å². The molecule has 1 spiro atoms. The van der Waals surface area contributed by atoms with Gasteiger partial charge in [0.05, 0.1) is 12.3 Å². The van der Waals surface area contributed by atoms with Gasteiger partial charge in [-0.25, -0.2) is 17.5 Å². The Morgan fingerprint density at radius 1 is 1.27 bits per heavy atom. The Kier molecular flexibility index (Phi) is 9.12. The minimum atomic E-state index is -3.35. The summed E-state index contributed by atoms with van der Waals surface area (Å²) in [6.07, 6.45) is 7.22. The van der Waals surface area contributed by atoms with Gasteiger partial charge >= 0.3 is 0 Å². The van der Waals surface area contributed by atoms with Crippen molar-refractivity contribution in [1.29, 1.82) is 0 Å². The van der Waals surface area contributed by atoms with Crippen molar-refractivity contribution in [2.24, 2.45) is 11.3 Å². The third kappa shape index (κ3) is 6.72. The van der Waals surface area contributed by atoms with E-state index in [0.717, 1.165) is 11.8 Å². The molecule has 12 heteroatoms. The Bertz CT molecular complexity index is 1400. The molecule has 4 N–H and O–H groups in total. The van der Waals surface area contributed by atoms with E-state index in [-0.39, 0.29) is 34.3 Å². The normalized spacial score (nSPS) is 29.9. The highest BCUT2D eigenvalue weighted by molar-refractivity contribution is 7.88. The van der Waals surface area contributed by atoms with Crippen LogP contribution in [0, 0.1) is 11.3 Å². The number of halogens is 3. The zero-order valence-electron chi connectivity index (χ0n) is 23.6. The molecular formula is C29H37Cl2FN4O4S. The van der Waals surface area contributed by atoms with E-state index in [9.17, 15) is 22.4 Å². The van der Waals surface area contributed by atoms with Crippen LogP contribution in [0.5, 0.6) is 0 Å². The van der Waals surface area contributed by atoms with E-state index in [2.05, 4.69) is 48.0 Å². The van der Waals surface area contributed by atoms with Crippen LogP contribution in [0.15, 0.2) is 53.6 Å². The van der Waals surface area contributed by atoms with E-state index in [1.165, 1.54) is 6.08 Å². The molecule has 1 aromatic rings. The Hall–Kier alpha value is -2.24. The largest absolute Gasteiger partial charge is 0.352 e. The molecule has 1 aliphatic carbocycles. The SMILES string of the molecule is C=C(/C=C\C=C(\Cl)CF)[C@H]1[C@H](C(=O)NC2CC(NS(C)(=O)=O)C2)N[C@H](CC(C)(C)C)[C@]12C(=O)Nc1cc(Cl)ccc12. The average Bonchev–Trinajstić information content (AvgIpc) is 3.30. The van der Waals surface area contributed by atoms with Crippen molar-refractivity contribution in [2.45, 2.75) is 69.6 Å². The van der Waals surface area contributed by atoms with E-state index in [1.807, 2.05) is 6.07 Å². The summed E-state index contributed by atoms with van der Waals surface area (Å²) in [5.74, 6) is -1.28. The number of rotatable bonds is 9. The number of sulfonamides is 1. The molecule has 4 atom stereocenters. The number of carbonyl (C=O) groups excluding carboxylic acids is 2. The Morgan fingerprint density at radius 3 is 2.56 bits per heavy atom. The molecular weight excluding hydrogens is 590 g/mol. The zero-order chi connectivity index (χ0) is 30.3. The fourth-order valence-electron chi connectivity index (χ4n) is 6.32. The highest BCUT2D eigenvalue weighted by Crippen LogP contribution is 2.55. The van der Waals surface area contributed by atoms with Crippen molar-refractivity contribution in [1.82, 2.24) is 15.4 Å². The van der Waals surface area contributed by atoms with Gasteiger partial charge in [-0.15, -0.1) is 0 Å². The summed E-state index contributed by atoms with van der Waals surface area (Å²) >= 11 is 12.1. The second kappa shape index (κ2) is 11.8. The predicted octanol–water partition coefficient (Wildman–Crippen LogP) is 4.32. The number of amides is 2. The first-order valence-corrected chi connectivity index (χ1v) is 16.1. The molecule has 1 saturated carbocycles. The van der Waals surface area contributed by atoms with Crippen LogP contribution >= 0.6 is 23.2 Å². The van der Waals surface area contributed by atoms with Gasteiger partial charge in [0.1, 0.15) is 12.1 Å². The number of hydrogen-bond acceptors (Lipinski definition) is 5. The second-order valence-electron chi connectivity index (χ2n) is 12.4. The van der Waals surface area contributed by atoms with E-state index in [0.29, 0.717) is 35.5 Å². The maximum atomic E-state index is 14.1. The molecule has 1 aromatic carbocycles. The summed E-state index contributed by atoms with van der Waals surface area (Å²) in [5, 5.41) is 10.0.